The van der Waals surface area contributed by atoms with Crippen LogP contribution in [0, 0.1) is 0 Å². The summed E-state index contributed by atoms with van der Waals surface area (Å²) in [5, 5.41) is 44.2. The molecule has 1 aliphatic heterocycles. The molecule has 11 atom stereocenters. The predicted molar refractivity (Wildman–Crippen MR) is 95.2 cm³/mol. The van der Waals surface area contributed by atoms with Crippen molar-refractivity contribution >= 4 is 0 Å². The third-order valence-corrected chi connectivity index (χ3v) is 5.24. The van der Waals surface area contributed by atoms with E-state index in [1.54, 1.807) is 14.0 Å². The lowest BCUT2D eigenvalue weighted by Gasteiger charge is -2.47. The minimum Gasteiger partial charge on any atom is -0.388 e. The van der Waals surface area contributed by atoms with Crippen LogP contribution in [0.2, 0.25) is 0 Å². The van der Waals surface area contributed by atoms with Crippen molar-refractivity contribution in [3.05, 3.63) is 0 Å². The Morgan fingerprint density at radius 2 is 1.78 bits per heavy atom. The molecule has 11 heteroatoms. The normalized spacial score (nSPS) is 48.2. The van der Waals surface area contributed by atoms with E-state index in [9.17, 15) is 20.4 Å². The van der Waals surface area contributed by atoms with Gasteiger partial charge >= 0.3 is 0 Å². The standard InChI is InChI=1S/C16H34N4O7/c1-6(17)14(23)26-11-7(18)4-8(19)12(9(11)21)27-15-10(22)13(20-3)16(2,24)5-25-15/h6-15,20-24H,4-5,17-19H2,1-3H3/t6?,7-,8+,9-,10+,11+,12-,13+,14+,15+,16-/m0/s1. The summed E-state index contributed by atoms with van der Waals surface area (Å²) < 4.78 is 16.6. The van der Waals surface area contributed by atoms with Gasteiger partial charge in [-0.15, -0.1) is 0 Å². The van der Waals surface area contributed by atoms with Gasteiger partial charge in [-0.1, -0.05) is 0 Å². The molecule has 0 spiro atoms. The fourth-order valence-corrected chi connectivity index (χ4v) is 3.64. The van der Waals surface area contributed by atoms with Gasteiger partial charge in [-0.3, -0.25) is 0 Å². The molecule has 1 saturated carbocycles. The van der Waals surface area contributed by atoms with Crippen molar-refractivity contribution in [2.24, 2.45) is 17.2 Å². The van der Waals surface area contributed by atoms with Gasteiger partial charge < -0.3 is 57.2 Å². The molecule has 1 heterocycles. The minimum absolute atomic E-state index is 0.0822. The van der Waals surface area contributed by atoms with Crippen molar-refractivity contribution in [1.82, 2.24) is 5.32 Å². The van der Waals surface area contributed by atoms with Gasteiger partial charge in [0, 0.05) is 12.1 Å². The average molecular weight is 394 g/mol. The van der Waals surface area contributed by atoms with Crippen LogP contribution in [-0.2, 0) is 14.2 Å². The summed E-state index contributed by atoms with van der Waals surface area (Å²) in [7, 11) is 1.60. The number of aliphatic hydroxyl groups is 4. The molecule has 0 aromatic carbocycles. The Labute approximate surface area is 158 Å². The molecule has 0 amide bonds. The molecule has 27 heavy (non-hydrogen) atoms. The molecule has 0 bridgehead atoms. The van der Waals surface area contributed by atoms with Gasteiger partial charge in [-0.05, 0) is 27.3 Å². The maximum absolute atomic E-state index is 10.7. The summed E-state index contributed by atoms with van der Waals surface area (Å²) in [6.07, 6.45) is -6.58. The number of aliphatic hydroxyl groups excluding tert-OH is 3. The number of likely N-dealkylation sites (N-methyl/N-ethyl adjacent to an activating group) is 1. The van der Waals surface area contributed by atoms with Gasteiger partial charge in [0.15, 0.2) is 12.6 Å². The highest BCUT2D eigenvalue weighted by molar-refractivity contribution is 5.01. The maximum Gasteiger partial charge on any atom is 0.185 e. The van der Waals surface area contributed by atoms with Crippen LogP contribution in [-0.4, -0.2) is 101 Å². The lowest BCUT2D eigenvalue weighted by molar-refractivity contribution is -0.302. The minimum atomic E-state index is -1.31. The van der Waals surface area contributed by atoms with Crippen molar-refractivity contribution < 1.29 is 34.6 Å². The fourth-order valence-electron chi connectivity index (χ4n) is 3.64. The zero-order chi connectivity index (χ0) is 20.5. The number of hydrogen-bond acceptors (Lipinski definition) is 11. The highest BCUT2D eigenvalue weighted by Gasteiger charge is 2.50. The van der Waals surface area contributed by atoms with Crippen LogP contribution in [0.5, 0.6) is 0 Å². The van der Waals surface area contributed by atoms with E-state index in [0.29, 0.717) is 0 Å². The van der Waals surface area contributed by atoms with Crippen LogP contribution >= 0.6 is 0 Å². The van der Waals surface area contributed by atoms with Crippen molar-refractivity contribution in [2.45, 2.75) is 87.0 Å². The lowest BCUT2D eigenvalue weighted by Crippen LogP contribution is -2.68. The van der Waals surface area contributed by atoms with Crippen LogP contribution in [0.4, 0.5) is 0 Å². The number of ether oxygens (including phenoxy) is 3. The number of nitrogens with one attached hydrogen (secondary N) is 1. The maximum atomic E-state index is 10.7. The van der Waals surface area contributed by atoms with Crippen LogP contribution in [0.25, 0.3) is 0 Å². The Balaban J connectivity index is 2.10. The molecule has 1 aliphatic carbocycles. The van der Waals surface area contributed by atoms with Gasteiger partial charge in [0.2, 0.25) is 0 Å². The Morgan fingerprint density at radius 3 is 2.33 bits per heavy atom. The molecule has 1 unspecified atom stereocenters. The average Bonchev–Trinajstić information content (AvgIpc) is 2.56. The number of rotatable bonds is 6. The Bertz CT molecular complexity index is 484. The first-order valence-corrected chi connectivity index (χ1v) is 9.12. The summed E-state index contributed by atoms with van der Waals surface area (Å²) in [6, 6.07) is -2.66. The number of nitrogens with two attached hydrogens (primary N) is 3. The van der Waals surface area contributed by atoms with Crippen molar-refractivity contribution in [2.75, 3.05) is 13.7 Å². The molecule has 2 aliphatic rings. The van der Waals surface area contributed by atoms with E-state index in [1.807, 2.05) is 0 Å². The van der Waals surface area contributed by atoms with Crippen molar-refractivity contribution in [1.29, 1.82) is 0 Å². The first kappa shape index (κ1) is 22.8. The Kier molecular flexibility index (Phi) is 7.55. The van der Waals surface area contributed by atoms with E-state index < -0.39 is 66.8 Å². The molecule has 1 saturated heterocycles. The highest BCUT2D eigenvalue weighted by atomic mass is 16.7. The van der Waals surface area contributed by atoms with E-state index >= 15 is 0 Å². The summed E-state index contributed by atoms with van der Waals surface area (Å²) >= 11 is 0. The molecule has 2 rings (SSSR count). The second-order valence-electron chi connectivity index (χ2n) is 7.80. The Morgan fingerprint density at radius 1 is 1.19 bits per heavy atom. The van der Waals surface area contributed by atoms with Crippen molar-refractivity contribution in [3.8, 4) is 0 Å². The molecule has 0 aromatic rings. The monoisotopic (exact) mass is 394 g/mol. The predicted octanol–water partition coefficient (Wildman–Crippen LogP) is -4.10. The van der Waals surface area contributed by atoms with E-state index in [1.165, 1.54) is 6.92 Å². The first-order chi connectivity index (χ1) is 12.5. The zero-order valence-electron chi connectivity index (χ0n) is 15.9. The third kappa shape index (κ3) is 4.95. The van der Waals surface area contributed by atoms with Gasteiger partial charge in [-0.2, -0.15) is 0 Å². The van der Waals surface area contributed by atoms with Crippen LogP contribution in [0.3, 0.4) is 0 Å². The van der Waals surface area contributed by atoms with Crippen LogP contribution in [0.1, 0.15) is 20.3 Å². The topological polar surface area (TPSA) is 199 Å². The molecule has 11 N–H and O–H groups in total. The smallest absolute Gasteiger partial charge is 0.185 e. The molecule has 2 fully saturated rings. The second kappa shape index (κ2) is 8.93. The Hall–Kier alpha value is -0.440. The fraction of sp³-hybridized carbons (Fsp3) is 1.00. The largest absolute Gasteiger partial charge is 0.388 e. The summed E-state index contributed by atoms with van der Waals surface area (Å²) in [5.74, 6) is 0. The number of hydrogen-bond donors (Lipinski definition) is 8. The highest BCUT2D eigenvalue weighted by Crippen LogP contribution is 2.30. The van der Waals surface area contributed by atoms with E-state index in [0.717, 1.165) is 0 Å². The van der Waals surface area contributed by atoms with E-state index in [-0.39, 0.29) is 13.0 Å². The molecular formula is C16H34N4O7. The van der Waals surface area contributed by atoms with E-state index in [4.69, 9.17) is 31.4 Å². The molecule has 160 valence electrons. The summed E-state index contributed by atoms with van der Waals surface area (Å²) in [6.45, 7) is 3.01. The zero-order valence-corrected chi connectivity index (χ0v) is 15.9. The van der Waals surface area contributed by atoms with Gasteiger partial charge in [0.25, 0.3) is 0 Å². The lowest BCUT2D eigenvalue weighted by atomic mass is 9.84. The molecule has 0 radical (unpaired) electrons. The summed E-state index contributed by atoms with van der Waals surface area (Å²) in [5.41, 5.74) is 16.4. The quantitative estimate of drug-likeness (QED) is 0.204. The SMILES string of the molecule is CN[C@@H]1[C@@H](O)[C@@H](O[C@@H]2[C@@H](O)[C@H](O[C@@H](O)C(C)N)[C@@H](N)C[C@H]2N)OC[C@]1(C)O. The van der Waals surface area contributed by atoms with Gasteiger partial charge in [0.05, 0.1) is 18.7 Å². The molecule has 11 nitrogen and oxygen atoms in total. The van der Waals surface area contributed by atoms with Crippen LogP contribution < -0.4 is 22.5 Å². The van der Waals surface area contributed by atoms with Gasteiger partial charge in [0.1, 0.15) is 30.0 Å². The summed E-state index contributed by atoms with van der Waals surface area (Å²) in [4.78, 5) is 0. The van der Waals surface area contributed by atoms with Crippen molar-refractivity contribution in [3.63, 3.8) is 0 Å². The third-order valence-electron chi connectivity index (χ3n) is 5.24. The molecule has 0 aromatic heterocycles. The molecular weight excluding hydrogens is 360 g/mol. The van der Waals surface area contributed by atoms with Crippen LogP contribution in [0.15, 0.2) is 0 Å². The first-order valence-electron chi connectivity index (χ1n) is 9.12. The van der Waals surface area contributed by atoms with Gasteiger partial charge in [-0.25, -0.2) is 0 Å². The second-order valence-corrected chi connectivity index (χ2v) is 7.80. The van der Waals surface area contributed by atoms with E-state index in [2.05, 4.69) is 5.32 Å².